The maximum Gasteiger partial charge on any atom is 0.230 e. The van der Waals surface area contributed by atoms with E-state index < -0.39 is 0 Å². The van der Waals surface area contributed by atoms with Crippen LogP contribution in [0.15, 0.2) is 42.7 Å². The maximum atomic E-state index is 13.4. The summed E-state index contributed by atoms with van der Waals surface area (Å²) in [7, 11) is 0. The Kier molecular flexibility index (Phi) is 5.00. The molecule has 3 heterocycles. The minimum atomic E-state index is -0.182. The topological polar surface area (TPSA) is 36.4 Å². The van der Waals surface area contributed by atoms with Gasteiger partial charge in [0.15, 0.2) is 0 Å². The first kappa shape index (κ1) is 18.2. The first-order chi connectivity index (χ1) is 13.1. The molecule has 1 spiro atoms. The monoisotopic (exact) mass is 363 g/mol. The predicted molar refractivity (Wildman–Crippen MR) is 107 cm³/mol. The number of amides is 1. The SMILES string of the molecule is Cc1ccc(C)c(CN2CCC3(CCCN(Cc4cccnc4)C3=O)C2)c1. The van der Waals surface area contributed by atoms with Gasteiger partial charge in [0.25, 0.3) is 0 Å². The molecule has 0 saturated carbocycles. The standard InChI is InChI=1S/C23H29N3O/c1-18-6-7-19(2)21(13-18)16-25-12-9-23(17-25)8-4-11-26(22(23)27)15-20-5-3-10-24-14-20/h3,5-7,10,13-14H,4,8-9,11-12,15-17H2,1-2H3. The van der Waals surface area contributed by atoms with Gasteiger partial charge in [-0.1, -0.05) is 29.8 Å². The number of likely N-dealkylation sites (tertiary alicyclic amines) is 2. The van der Waals surface area contributed by atoms with Crippen molar-refractivity contribution in [2.24, 2.45) is 5.41 Å². The molecule has 1 aromatic heterocycles. The lowest BCUT2D eigenvalue weighted by molar-refractivity contribution is -0.146. The van der Waals surface area contributed by atoms with Gasteiger partial charge in [0, 0.05) is 38.6 Å². The minimum Gasteiger partial charge on any atom is -0.338 e. The first-order valence-electron chi connectivity index (χ1n) is 10.0. The number of hydrogen-bond acceptors (Lipinski definition) is 3. The number of rotatable bonds is 4. The van der Waals surface area contributed by atoms with E-state index in [-0.39, 0.29) is 5.41 Å². The van der Waals surface area contributed by atoms with Gasteiger partial charge < -0.3 is 4.90 Å². The molecule has 0 bridgehead atoms. The molecule has 27 heavy (non-hydrogen) atoms. The largest absolute Gasteiger partial charge is 0.338 e. The molecule has 1 amide bonds. The average Bonchev–Trinajstić information content (AvgIpc) is 3.07. The lowest BCUT2D eigenvalue weighted by Gasteiger charge is -2.39. The normalized spacial score (nSPS) is 23.3. The van der Waals surface area contributed by atoms with Gasteiger partial charge in [-0.25, -0.2) is 0 Å². The number of benzene rings is 1. The molecule has 142 valence electrons. The van der Waals surface area contributed by atoms with Crippen LogP contribution in [0, 0.1) is 19.3 Å². The second kappa shape index (κ2) is 7.43. The first-order valence-corrected chi connectivity index (χ1v) is 10.0. The Hall–Kier alpha value is -2.20. The summed E-state index contributed by atoms with van der Waals surface area (Å²) >= 11 is 0. The third-order valence-electron chi connectivity index (χ3n) is 6.25. The summed E-state index contributed by atoms with van der Waals surface area (Å²) in [6.07, 6.45) is 6.77. The highest BCUT2D eigenvalue weighted by atomic mass is 16.2. The number of carbonyl (C=O) groups excluding carboxylic acids is 1. The molecule has 2 fully saturated rings. The summed E-state index contributed by atoms with van der Waals surface area (Å²) in [5, 5.41) is 0. The summed E-state index contributed by atoms with van der Waals surface area (Å²) in [6, 6.07) is 10.7. The van der Waals surface area contributed by atoms with E-state index in [2.05, 4.69) is 52.9 Å². The van der Waals surface area contributed by atoms with Crippen molar-refractivity contribution in [1.82, 2.24) is 14.8 Å². The highest BCUT2D eigenvalue weighted by molar-refractivity contribution is 5.84. The molecule has 2 aromatic rings. The number of piperidine rings is 1. The van der Waals surface area contributed by atoms with Gasteiger partial charge >= 0.3 is 0 Å². The third-order valence-corrected chi connectivity index (χ3v) is 6.25. The van der Waals surface area contributed by atoms with E-state index in [1.165, 1.54) is 16.7 Å². The molecule has 0 radical (unpaired) electrons. The highest BCUT2D eigenvalue weighted by Gasteiger charge is 2.48. The lowest BCUT2D eigenvalue weighted by atomic mass is 9.78. The third kappa shape index (κ3) is 3.77. The Morgan fingerprint density at radius 1 is 1.11 bits per heavy atom. The van der Waals surface area contributed by atoms with Crippen molar-refractivity contribution in [2.75, 3.05) is 19.6 Å². The molecule has 1 aromatic carbocycles. The molecule has 2 saturated heterocycles. The molecule has 1 unspecified atom stereocenters. The van der Waals surface area contributed by atoms with E-state index in [4.69, 9.17) is 0 Å². The van der Waals surface area contributed by atoms with E-state index in [1.54, 1.807) is 6.20 Å². The van der Waals surface area contributed by atoms with Crippen LogP contribution in [0.5, 0.6) is 0 Å². The van der Waals surface area contributed by atoms with E-state index >= 15 is 0 Å². The Morgan fingerprint density at radius 2 is 2.00 bits per heavy atom. The van der Waals surface area contributed by atoms with E-state index in [0.717, 1.165) is 51.0 Å². The number of nitrogens with zero attached hydrogens (tertiary/aromatic N) is 3. The zero-order valence-corrected chi connectivity index (χ0v) is 16.4. The van der Waals surface area contributed by atoms with Gasteiger partial charge in [-0.3, -0.25) is 14.7 Å². The molecule has 4 nitrogen and oxygen atoms in total. The molecule has 4 heteroatoms. The van der Waals surface area contributed by atoms with Crippen molar-refractivity contribution in [3.05, 3.63) is 65.0 Å². The van der Waals surface area contributed by atoms with Gasteiger partial charge in [-0.2, -0.15) is 0 Å². The van der Waals surface area contributed by atoms with Crippen molar-refractivity contribution in [2.45, 2.75) is 46.2 Å². The Balaban J connectivity index is 1.45. The quantitative estimate of drug-likeness (QED) is 0.831. The number of aryl methyl sites for hydroxylation is 2. The van der Waals surface area contributed by atoms with Crippen LogP contribution >= 0.6 is 0 Å². The molecule has 0 N–H and O–H groups in total. The Bertz CT molecular complexity index is 820. The van der Waals surface area contributed by atoms with Crippen LogP contribution in [0.2, 0.25) is 0 Å². The average molecular weight is 364 g/mol. The van der Waals surface area contributed by atoms with Crippen molar-refractivity contribution in [3.8, 4) is 0 Å². The van der Waals surface area contributed by atoms with Crippen LogP contribution in [0.25, 0.3) is 0 Å². The van der Waals surface area contributed by atoms with Crippen molar-refractivity contribution in [1.29, 1.82) is 0 Å². The van der Waals surface area contributed by atoms with Gasteiger partial charge in [-0.05, 0) is 62.4 Å². The summed E-state index contributed by atoms with van der Waals surface area (Å²) in [6.45, 7) is 8.74. The molecule has 2 aliphatic rings. The lowest BCUT2D eigenvalue weighted by Crippen LogP contribution is -2.49. The van der Waals surface area contributed by atoms with Gasteiger partial charge in [0.05, 0.1) is 5.41 Å². The number of hydrogen-bond donors (Lipinski definition) is 0. The highest BCUT2D eigenvalue weighted by Crippen LogP contribution is 2.41. The smallest absolute Gasteiger partial charge is 0.230 e. The van der Waals surface area contributed by atoms with E-state index in [0.29, 0.717) is 12.5 Å². The molecule has 0 aliphatic carbocycles. The number of pyridine rings is 1. The molecule has 1 atom stereocenters. The second-order valence-electron chi connectivity index (χ2n) is 8.36. The van der Waals surface area contributed by atoms with Crippen LogP contribution in [0.3, 0.4) is 0 Å². The summed E-state index contributed by atoms with van der Waals surface area (Å²) < 4.78 is 0. The Labute approximate surface area is 162 Å². The van der Waals surface area contributed by atoms with Gasteiger partial charge in [0.1, 0.15) is 0 Å². The fourth-order valence-corrected chi connectivity index (χ4v) is 4.70. The molecular formula is C23H29N3O. The summed E-state index contributed by atoms with van der Waals surface area (Å²) in [5.74, 6) is 0.348. The second-order valence-corrected chi connectivity index (χ2v) is 8.36. The minimum absolute atomic E-state index is 0.182. The van der Waals surface area contributed by atoms with Gasteiger partial charge in [-0.15, -0.1) is 0 Å². The van der Waals surface area contributed by atoms with Gasteiger partial charge in [0.2, 0.25) is 5.91 Å². The zero-order chi connectivity index (χ0) is 18.9. The van der Waals surface area contributed by atoms with Crippen LogP contribution in [-0.4, -0.2) is 40.3 Å². The van der Waals surface area contributed by atoms with Crippen LogP contribution in [0.4, 0.5) is 0 Å². The van der Waals surface area contributed by atoms with Crippen LogP contribution < -0.4 is 0 Å². The van der Waals surface area contributed by atoms with E-state index in [9.17, 15) is 4.79 Å². The zero-order valence-electron chi connectivity index (χ0n) is 16.4. The van der Waals surface area contributed by atoms with Crippen molar-refractivity contribution in [3.63, 3.8) is 0 Å². The van der Waals surface area contributed by atoms with Crippen molar-refractivity contribution >= 4 is 5.91 Å². The maximum absolute atomic E-state index is 13.4. The number of carbonyl (C=O) groups is 1. The molecule has 2 aliphatic heterocycles. The van der Waals surface area contributed by atoms with Crippen LogP contribution in [-0.2, 0) is 17.9 Å². The molecular weight excluding hydrogens is 334 g/mol. The summed E-state index contributed by atoms with van der Waals surface area (Å²) in [4.78, 5) is 22.1. The van der Waals surface area contributed by atoms with E-state index in [1.807, 2.05) is 12.3 Å². The predicted octanol–water partition coefficient (Wildman–Crippen LogP) is 3.71. The van der Waals surface area contributed by atoms with Crippen molar-refractivity contribution < 1.29 is 4.79 Å². The fraction of sp³-hybridized carbons (Fsp3) is 0.478. The number of aromatic nitrogens is 1. The summed E-state index contributed by atoms with van der Waals surface area (Å²) in [5.41, 5.74) is 4.98. The Morgan fingerprint density at radius 3 is 2.81 bits per heavy atom. The molecule has 4 rings (SSSR count). The fourth-order valence-electron chi connectivity index (χ4n) is 4.70. The van der Waals surface area contributed by atoms with Crippen LogP contribution in [0.1, 0.15) is 41.5 Å².